The third-order valence-corrected chi connectivity index (χ3v) is 2.49. The Morgan fingerprint density at radius 2 is 2.31 bits per heavy atom. The molecule has 0 atom stereocenters. The van der Waals surface area contributed by atoms with Gasteiger partial charge in [-0.25, -0.2) is 9.97 Å². The molecule has 0 aliphatic heterocycles. The Balaban J connectivity index is 2.99. The summed E-state index contributed by atoms with van der Waals surface area (Å²) in [6, 6.07) is 2.02. The molecule has 2 heterocycles. The Hall–Kier alpha value is -1.12. The number of hydrogen-bond donors (Lipinski definition) is 1. The minimum Gasteiger partial charge on any atom is -0.333 e. The Morgan fingerprint density at radius 3 is 3.00 bits per heavy atom. The zero-order valence-corrected chi connectivity index (χ0v) is 8.52. The first kappa shape index (κ1) is 8.48. The summed E-state index contributed by atoms with van der Waals surface area (Å²) in [5.41, 5.74) is 0.990. The summed E-state index contributed by atoms with van der Waals surface area (Å²) in [7, 11) is 0. The van der Waals surface area contributed by atoms with Crippen LogP contribution in [0.2, 0.25) is 5.15 Å². The van der Waals surface area contributed by atoms with E-state index in [-0.39, 0.29) is 5.15 Å². The van der Waals surface area contributed by atoms with Gasteiger partial charge < -0.3 is 4.98 Å². The number of aromatic nitrogens is 3. The summed E-state index contributed by atoms with van der Waals surface area (Å²) in [6.07, 6.45) is 1.34. The van der Waals surface area contributed by atoms with Crippen LogP contribution < -0.4 is 0 Å². The summed E-state index contributed by atoms with van der Waals surface area (Å²) in [6.45, 7) is 0. The second kappa shape index (κ2) is 2.98. The predicted molar refractivity (Wildman–Crippen MR) is 51.3 cm³/mol. The van der Waals surface area contributed by atoms with Gasteiger partial charge in [-0.15, -0.1) is 0 Å². The van der Waals surface area contributed by atoms with Crippen molar-refractivity contribution in [2.24, 2.45) is 0 Å². The molecule has 0 unspecified atom stereocenters. The third kappa shape index (κ3) is 1.19. The van der Waals surface area contributed by atoms with Gasteiger partial charge in [0.15, 0.2) is 0 Å². The molecule has 0 spiro atoms. The van der Waals surface area contributed by atoms with Crippen LogP contribution in [0, 0.1) is 11.3 Å². The van der Waals surface area contributed by atoms with Crippen molar-refractivity contribution in [3.63, 3.8) is 0 Å². The lowest BCUT2D eigenvalue weighted by molar-refractivity contribution is 1.20. The molecule has 0 bridgehead atoms. The molecule has 4 nitrogen and oxygen atoms in total. The summed E-state index contributed by atoms with van der Waals surface area (Å²) >= 11 is 9.01. The van der Waals surface area contributed by atoms with Crippen molar-refractivity contribution >= 4 is 38.6 Å². The van der Waals surface area contributed by atoms with Crippen molar-refractivity contribution < 1.29 is 0 Å². The Morgan fingerprint density at radius 1 is 1.54 bits per heavy atom. The van der Waals surface area contributed by atoms with Crippen LogP contribution in [0.25, 0.3) is 11.0 Å². The summed E-state index contributed by atoms with van der Waals surface area (Å²) in [5, 5.41) is 9.65. The van der Waals surface area contributed by atoms with Crippen LogP contribution in [0.15, 0.2) is 10.9 Å². The molecule has 0 saturated heterocycles. The first-order chi connectivity index (χ1) is 6.24. The highest BCUT2D eigenvalue weighted by Gasteiger charge is 2.13. The maximum absolute atomic E-state index is 8.82. The molecule has 6 heteroatoms. The van der Waals surface area contributed by atoms with Crippen LogP contribution in [-0.2, 0) is 0 Å². The molecule has 1 N–H and O–H groups in total. The van der Waals surface area contributed by atoms with Crippen molar-refractivity contribution in [2.75, 3.05) is 0 Å². The number of nitrogens with zero attached hydrogens (tertiary/aromatic N) is 3. The Labute approximate surface area is 86.7 Å². The fourth-order valence-electron chi connectivity index (χ4n) is 1.06. The summed E-state index contributed by atoms with van der Waals surface area (Å²) < 4.78 is 0.576. The van der Waals surface area contributed by atoms with E-state index < -0.39 is 0 Å². The van der Waals surface area contributed by atoms with Crippen LogP contribution in [-0.4, -0.2) is 15.0 Å². The van der Waals surface area contributed by atoms with E-state index in [1.165, 1.54) is 6.33 Å². The molecule has 0 radical (unpaired) electrons. The number of hydrogen-bond acceptors (Lipinski definition) is 3. The fourth-order valence-corrected chi connectivity index (χ4v) is 1.76. The zero-order chi connectivity index (χ0) is 9.42. The van der Waals surface area contributed by atoms with E-state index in [0.29, 0.717) is 21.2 Å². The summed E-state index contributed by atoms with van der Waals surface area (Å²) in [4.78, 5) is 10.6. The zero-order valence-electron chi connectivity index (χ0n) is 6.17. The molecular weight excluding hydrogens is 255 g/mol. The van der Waals surface area contributed by atoms with Crippen LogP contribution in [0.1, 0.15) is 5.56 Å². The van der Waals surface area contributed by atoms with Gasteiger partial charge in [0.05, 0.1) is 10.9 Å². The first-order valence-electron chi connectivity index (χ1n) is 3.32. The van der Waals surface area contributed by atoms with E-state index in [1.807, 2.05) is 6.07 Å². The lowest BCUT2D eigenvalue weighted by Gasteiger charge is -1.90. The van der Waals surface area contributed by atoms with Gasteiger partial charge >= 0.3 is 0 Å². The molecule has 13 heavy (non-hydrogen) atoms. The average Bonchev–Trinajstić information content (AvgIpc) is 2.42. The molecule has 0 saturated carbocycles. The van der Waals surface area contributed by atoms with Crippen LogP contribution >= 0.6 is 27.5 Å². The minimum atomic E-state index is 0.281. The highest BCUT2D eigenvalue weighted by Crippen LogP contribution is 2.28. The van der Waals surface area contributed by atoms with Crippen molar-refractivity contribution in [1.82, 2.24) is 15.0 Å². The molecule has 2 aromatic heterocycles. The SMILES string of the molecule is N#Cc1c(Br)[nH]c2ncnc(Cl)c12. The van der Waals surface area contributed by atoms with Crippen molar-refractivity contribution in [3.05, 3.63) is 21.6 Å². The molecule has 2 rings (SSSR count). The minimum absolute atomic E-state index is 0.281. The number of halogens is 2. The van der Waals surface area contributed by atoms with Gasteiger partial charge in [0.25, 0.3) is 0 Å². The predicted octanol–water partition coefficient (Wildman–Crippen LogP) is 2.25. The number of nitrogens with one attached hydrogen (secondary N) is 1. The van der Waals surface area contributed by atoms with Gasteiger partial charge in [0.2, 0.25) is 0 Å². The average molecular weight is 257 g/mol. The quantitative estimate of drug-likeness (QED) is 0.736. The number of aromatic amines is 1. The molecule has 0 aromatic carbocycles. The van der Waals surface area contributed by atoms with Gasteiger partial charge in [0.1, 0.15) is 27.8 Å². The van der Waals surface area contributed by atoms with Gasteiger partial charge in [0, 0.05) is 0 Å². The van der Waals surface area contributed by atoms with E-state index in [0.717, 1.165) is 0 Å². The molecule has 0 fully saturated rings. The van der Waals surface area contributed by atoms with Gasteiger partial charge in [-0.1, -0.05) is 11.6 Å². The largest absolute Gasteiger partial charge is 0.333 e. The fraction of sp³-hybridized carbons (Fsp3) is 0. The molecule has 0 aliphatic rings. The second-order valence-corrected chi connectivity index (χ2v) is 3.46. The molecule has 0 aliphatic carbocycles. The molecule has 64 valence electrons. The highest BCUT2D eigenvalue weighted by atomic mass is 79.9. The van der Waals surface area contributed by atoms with Crippen LogP contribution in [0.4, 0.5) is 0 Å². The number of fused-ring (bicyclic) bond motifs is 1. The standard InChI is InChI=1S/C7H2BrClN4/c8-5-3(1-10)4-6(9)11-2-12-7(4)13-5/h2H,(H,11,12,13). The topological polar surface area (TPSA) is 65.4 Å². The summed E-state index contributed by atoms with van der Waals surface area (Å²) in [5.74, 6) is 0. The Bertz CT molecular complexity index is 513. The van der Waals surface area contributed by atoms with Gasteiger partial charge in [-0.3, -0.25) is 0 Å². The van der Waals surface area contributed by atoms with E-state index in [9.17, 15) is 0 Å². The lowest BCUT2D eigenvalue weighted by Crippen LogP contribution is -1.81. The maximum Gasteiger partial charge on any atom is 0.144 e. The van der Waals surface area contributed by atoms with Gasteiger partial charge in [-0.05, 0) is 15.9 Å². The maximum atomic E-state index is 8.82. The second-order valence-electron chi connectivity index (χ2n) is 2.31. The number of rotatable bonds is 0. The Kier molecular flexibility index (Phi) is 1.94. The monoisotopic (exact) mass is 256 g/mol. The number of nitriles is 1. The van der Waals surface area contributed by atoms with Crippen LogP contribution in [0.3, 0.4) is 0 Å². The van der Waals surface area contributed by atoms with E-state index in [1.54, 1.807) is 0 Å². The first-order valence-corrected chi connectivity index (χ1v) is 4.49. The lowest BCUT2D eigenvalue weighted by atomic mass is 10.3. The van der Waals surface area contributed by atoms with Crippen molar-refractivity contribution in [2.45, 2.75) is 0 Å². The van der Waals surface area contributed by atoms with Crippen molar-refractivity contribution in [3.8, 4) is 6.07 Å². The van der Waals surface area contributed by atoms with Crippen molar-refractivity contribution in [1.29, 1.82) is 5.26 Å². The van der Waals surface area contributed by atoms with E-state index in [2.05, 4.69) is 30.9 Å². The smallest absolute Gasteiger partial charge is 0.144 e. The van der Waals surface area contributed by atoms with E-state index >= 15 is 0 Å². The highest BCUT2D eigenvalue weighted by molar-refractivity contribution is 9.10. The third-order valence-electron chi connectivity index (χ3n) is 1.61. The number of H-pyrrole nitrogens is 1. The molecule has 0 amide bonds. The molecule has 2 aromatic rings. The normalized spacial score (nSPS) is 10.2. The van der Waals surface area contributed by atoms with Crippen LogP contribution in [0.5, 0.6) is 0 Å². The van der Waals surface area contributed by atoms with Gasteiger partial charge in [-0.2, -0.15) is 5.26 Å². The van der Waals surface area contributed by atoms with E-state index in [4.69, 9.17) is 16.9 Å². The molecular formula is C7H2BrClN4.